The summed E-state index contributed by atoms with van der Waals surface area (Å²) in [6, 6.07) is 1.36. The summed E-state index contributed by atoms with van der Waals surface area (Å²) in [6.45, 7) is 13.1. The Bertz CT molecular complexity index is 582. The minimum atomic E-state index is -2.08. The first-order chi connectivity index (χ1) is 16.4. The Morgan fingerprint density at radius 2 is 1.40 bits per heavy atom. The normalized spacial score (nSPS) is 14.1. The van der Waals surface area contributed by atoms with Gasteiger partial charge >= 0.3 is 11.9 Å². The molecule has 0 spiro atoms. The van der Waals surface area contributed by atoms with Gasteiger partial charge in [-0.3, -0.25) is 9.59 Å². The molecule has 0 aliphatic heterocycles. The minimum absolute atomic E-state index is 0.121. The fourth-order valence-electron chi connectivity index (χ4n) is 4.78. The van der Waals surface area contributed by atoms with Crippen molar-refractivity contribution in [3.8, 4) is 0 Å². The zero-order valence-corrected chi connectivity index (χ0v) is 25.2. The molecule has 0 fully saturated rings. The van der Waals surface area contributed by atoms with Crippen LogP contribution in [0.5, 0.6) is 0 Å². The van der Waals surface area contributed by atoms with Gasteiger partial charge in [0.05, 0.1) is 12.8 Å². The van der Waals surface area contributed by atoms with E-state index in [1.54, 1.807) is 0 Å². The van der Waals surface area contributed by atoms with Gasteiger partial charge in [-0.15, -0.1) is 0 Å². The third kappa shape index (κ3) is 18.1. The van der Waals surface area contributed by atoms with E-state index in [0.717, 1.165) is 64.2 Å². The number of aliphatic carboxylic acids is 2. The number of hydrogen-bond donors (Lipinski definition) is 6. The lowest BCUT2D eigenvalue weighted by atomic mass is 10.0. The molecule has 35 heavy (non-hydrogen) atoms. The first kappa shape index (κ1) is 34.2. The summed E-state index contributed by atoms with van der Waals surface area (Å²) in [5.74, 6) is -1.55. The minimum Gasteiger partial charge on any atom is -0.481 e. The summed E-state index contributed by atoms with van der Waals surface area (Å²) in [5, 5.41) is 31.2. The van der Waals surface area contributed by atoms with Crippen molar-refractivity contribution < 1.29 is 23.9 Å². The second kappa shape index (κ2) is 19.3. The first-order valence-corrected chi connectivity index (χ1v) is 19.4. The summed E-state index contributed by atoms with van der Waals surface area (Å²) < 4.78 is 7.04. The van der Waals surface area contributed by atoms with Gasteiger partial charge in [0.15, 0.2) is 16.6 Å². The molecule has 0 aliphatic carbocycles. The maximum atomic E-state index is 11.2. The van der Waals surface area contributed by atoms with E-state index in [-0.39, 0.29) is 18.9 Å². The van der Waals surface area contributed by atoms with Crippen molar-refractivity contribution in [3.63, 3.8) is 0 Å². The Labute approximate surface area is 215 Å². The molecule has 2 unspecified atom stereocenters. The molecule has 2 atom stereocenters. The van der Waals surface area contributed by atoms with E-state index in [2.05, 4.69) is 47.5 Å². The first-order valence-electron chi connectivity index (χ1n) is 13.3. The highest BCUT2D eigenvalue weighted by Gasteiger charge is 2.42. The van der Waals surface area contributed by atoms with Gasteiger partial charge in [0, 0.05) is 19.1 Å². The van der Waals surface area contributed by atoms with Crippen molar-refractivity contribution in [2.75, 3.05) is 46.8 Å². The monoisotopic (exact) mass is 534 g/mol. The number of carboxylic acids is 2. The van der Waals surface area contributed by atoms with E-state index >= 15 is 0 Å². The molecular weight excluding hydrogens is 480 g/mol. The van der Waals surface area contributed by atoms with Crippen LogP contribution in [-0.2, 0) is 13.7 Å². The molecule has 208 valence electrons. The molecule has 0 saturated heterocycles. The van der Waals surface area contributed by atoms with Crippen LogP contribution in [0, 0.1) is 0 Å². The summed E-state index contributed by atoms with van der Waals surface area (Å²) in [7, 11) is 0.0790. The predicted molar refractivity (Wildman–Crippen MR) is 149 cm³/mol. The molecule has 0 rings (SSSR count). The van der Waals surface area contributed by atoms with Crippen molar-refractivity contribution in [2.24, 2.45) is 0 Å². The van der Waals surface area contributed by atoms with Gasteiger partial charge < -0.3 is 35.6 Å². The molecule has 0 saturated carbocycles. The smallest absolute Gasteiger partial charge is 0.304 e. The van der Waals surface area contributed by atoms with E-state index in [4.69, 9.17) is 14.3 Å². The van der Waals surface area contributed by atoms with Crippen molar-refractivity contribution in [1.29, 1.82) is 0 Å². The van der Waals surface area contributed by atoms with Gasteiger partial charge in [-0.25, -0.2) is 0 Å². The Morgan fingerprint density at radius 1 is 0.771 bits per heavy atom. The SMILES string of the molecule is CNCCC[Si](C)(C)O[Si](C)(C)C(CCNC)C(CCCCCNCCC(=O)O)NCCC(=O)O. The van der Waals surface area contributed by atoms with Gasteiger partial charge in [0.25, 0.3) is 0 Å². The summed E-state index contributed by atoms with van der Waals surface area (Å²) >= 11 is 0. The molecule has 6 N–H and O–H groups in total. The standard InChI is InChI=1S/C24H54N4O5Si2/c1-25-15-10-20-34(3,4)33-35(5,6)22(12-17-26-2)21(28-19-14-24(31)32)11-8-7-9-16-27-18-13-23(29)30/h21-22,25-28H,7-20H2,1-6H3,(H,29,30)(H,31,32). The number of unbranched alkanes of at least 4 members (excludes halogenated alkanes) is 2. The lowest BCUT2D eigenvalue weighted by Crippen LogP contribution is -2.53. The molecule has 0 aromatic heterocycles. The Morgan fingerprint density at radius 3 is 2.00 bits per heavy atom. The summed E-state index contributed by atoms with van der Waals surface area (Å²) in [4.78, 5) is 21.8. The van der Waals surface area contributed by atoms with Gasteiger partial charge in [-0.2, -0.15) is 0 Å². The second-order valence-corrected chi connectivity index (χ2v) is 19.4. The Hall–Kier alpha value is -0.826. The topological polar surface area (TPSA) is 132 Å². The summed E-state index contributed by atoms with van der Waals surface area (Å²) in [5.41, 5.74) is 0.383. The highest BCUT2D eigenvalue weighted by atomic mass is 28.4. The zero-order chi connectivity index (χ0) is 26.7. The summed E-state index contributed by atoms with van der Waals surface area (Å²) in [6.07, 6.45) is 6.52. The Balaban J connectivity index is 5.17. The van der Waals surface area contributed by atoms with Crippen LogP contribution in [0.1, 0.15) is 51.4 Å². The van der Waals surface area contributed by atoms with Gasteiger partial charge in [0.2, 0.25) is 0 Å². The number of carbonyl (C=O) groups is 2. The molecule has 0 aromatic rings. The van der Waals surface area contributed by atoms with Crippen LogP contribution in [0.3, 0.4) is 0 Å². The zero-order valence-electron chi connectivity index (χ0n) is 23.2. The van der Waals surface area contributed by atoms with E-state index in [1.807, 2.05) is 14.1 Å². The van der Waals surface area contributed by atoms with Gasteiger partial charge in [0.1, 0.15) is 0 Å². The average molecular weight is 535 g/mol. The third-order valence-electron chi connectivity index (χ3n) is 6.46. The maximum absolute atomic E-state index is 11.2. The fourth-order valence-corrected chi connectivity index (χ4v) is 14.6. The molecule has 11 heteroatoms. The van der Waals surface area contributed by atoms with Crippen molar-refractivity contribution >= 4 is 28.6 Å². The average Bonchev–Trinajstić information content (AvgIpc) is 2.73. The van der Waals surface area contributed by atoms with Crippen LogP contribution in [0.2, 0.25) is 37.8 Å². The van der Waals surface area contributed by atoms with Crippen molar-refractivity contribution in [3.05, 3.63) is 0 Å². The molecule has 0 bridgehead atoms. The quantitative estimate of drug-likeness (QED) is 0.0816. The largest absolute Gasteiger partial charge is 0.481 e. The van der Waals surface area contributed by atoms with Crippen LogP contribution in [0.25, 0.3) is 0 Å². The van der Waals surface area contributed by atoms with Gasteiger partial charge in [-0.1, -0.05) is 12.8 Å². The molecule has 0 amide bonds. The van der Waals surface area contributed by atoms with Crippen LogP contribution >= 0.6 is 0 Å². The highest BCUT2D eigenvalue weighted by molar-refractivity contribution is 6.85. The molecule has 9 nitrogen and oxygen atoms in total. The predicted octanol–water partition coefficient (Wildman–Crippen LogP) is 3.06. The lowest BCUT2D eigenvalue weighted by Gasteiger charge is -2.43. The molecule has 0 aliphatic rings. The van der Waals surface area contributed by atoms with Crippen LogP contribution in [0.4, 0.5) is 0 Å². The van der Waals surface area contributed by atoms with Crippen LogP contribution in [0.15, 0.2) is 0 Å². The third-order valence-corrected chi connectivity index (χ3v) is 14.8. The van der Waals surface area contributed by atoms with Gasteiger partial charge in [-0.05, 0) is 97.2 Å². The Kier molecular flexibility index (Phi) is 18.9. The van der Waals surface area contributed by atoms with E-state index in [1.165, 1.54) is 0 Å². The van der Waals surface area contributed by atoms with Crippen molar-refractivity contribution in [2.45, 2.75) is 95.2 Å². The molecule has 0 aromatic carbocycles. The molecular formula is C24H54N4O5Si2. The molecule has 0 radical (unpaired) electrons. The fraction of sp³-hybridized carbons (Fsp3) is 0.917. The van der Waals surface area contributed by atoms with Crippen molar-refractivity contribution in [1.82, 2.24) is 21.3 Å². The number of carboxylic acid groups (broad SMARTS) is 2. The second-order valence-electron chi connectivity index (χ2n) is 10.6. The highest BCUT2D eigenvalue weighted by Crippen LogP contribution is 2.35. The van der Waals surface area contributed by atoms with E-state index in [9.17, 15) is 9.59 Å². The number of rotatable bonds is 24. The number of nitrogens with one attached hydrogen (secondary N) is 4. The maximum Gasteiger partial charge on any atom is 0.304 e. The lowest BCUT2D eigenvalue weighted by molar-refractivity contribution is -0.137. The van der Waals surface area contributed by atoms with Crippen LogP contribution < -0.4 is 21.3 Å². The number of hydrogen-bond acceptors (Lipinski definition) is 7. The van der Waals surface area contributed by atoms with E-state index < -0.39 is 28.6 Å². The van der Waals surface area contributed by atoms with E-state index in [0.29, 0.717) is 18.6 Å². The van der Waals surface area contributed by atoms with Crippen LogP contribution in [-0.4, -0.2) is 91.6 Å². The molecule has 0 heterocycles.